The Morgan fingerprint density at radius 2 is 2.00 bits per heavy atom. The number of rotatable bonds is 6. The van der Waals surface area contributed by atoms with Gasteiger partial charge in [0.05, 0.1) is 11.4 Å². The molecule has 1 rings (SSSR count). The van der Waals surface area contributed by atoms with Crippen LogP contribution in [-0.4, -0.2) is 37.6 Å². The summed E-state index contributed by atoms with van der Waals surface area (Å²) in [5, 5.41) is 0.299. The molecule has 102 valence electrons. The van der Waals surface area contributed by atoms with E-state index >= 15 is 0 Å². The molecule has 0 spiro atoms. The standard InChI is InChI=1S/C10H11Br2F2NO2S/c11-4-5-15(7-10(13)14)18(16,17)9-3-1-2-8(12)6-9/h1-3,6,10H,4-5,7H2. The van der Waals surface area contributed by atoms with Gasteiger partial charge in [-0.1, -0.05) is 37.9 Å². The van der Waals surface area contributed by atoms with Gasteiger partial charge in [-0.2, -0.15) is 4.31 Å². The Bertz CT molecular complexity index is 496. The van der Waals surface area contributed by atoms with Gasteiger partial charge in [0, 0.05) is 16.3 Å². The third-order valence-electron chi connectivity index (χ3n) is 2.11. The van der Waals surface area contributed by atoms with Gasteiger partial charge in [-0.05, 0) is 18.2 Å². The fourth-order valence-electron chi connectivity index (χ4n) is 1.33. The number of hydrogen-bond donors (Lipinski definition) is 0. The lowest BCUT2D eigenvalue weighted by Crippen LogP contribution is -2.36. The molecule has 0 aliphatic rings. The van der Waals surface area contributed by atoms with Gasteiger partial charge in [0.15, 0.2) is 0 Å². The predicted octanol–water partition coefficient (Wildman–Crippen LogP) is 3.10. The third-order valence-corrected chi connectivity index (χ3v) is 4.82. The number of nitrogens with zero attached hydrogens (tertiary/aromatic N) is 1. The monoisotopic (exact) mass is 405 g/mol. The molecule has 1 aromatic carbocycles. The summed E-state index contributed by atoms with van der Waals surface area (Å²) in [6.07, 6.45) is -2.70. The van der Waals surface area contributed by atoms with Gasteiger partial charge >= 0.3 is 0 Å². The summed E-state index contributed by atoms with van der Waals surface area (Å²) in [5.41, 5.74) is 0. The average Bonchev–Trinajstić information content (AvgIpc) is 2.28. The summed E-state index contributed by atoms with van der Waals surface area (Å²) < 4.78 is 50.5. The van der Waals surface area contributed by atoms with E-state index in [0.29, 0.717) is 9.80 Å². The lowest BCUT2D eigenvalue weighted by atomic mass is 10.4. The van der Waals surface area contributed by atoms with Gasteiger partial charge in [-0.3, -0.25) is 0 Å². The normalized spacial score (nSPS) is 12.3. The first-order valence-electron chi connectivity index (χ1n) is 4.97. The molecule has 0 saturated heterocycles. The molecule has 0 atom stereocenters. The quantitative estimate of drug-likeness (QED) is 0.680. The predicted molar refractivity (Wildman–Crippen MR) is 72.7 cm³/mol. The van der Waals surface area contributed by atoms with Crippen LogP contribution in [0, 0.1) is 0 Å². The molecular weight excluding hydrogens is 396 g/mol. The van der Waals surface area contributed by atoms with Crippen LogP contribution >= 0.6 is 31.9 Å². The molecule has 0 saturated carbocycles. The number of halogens is 4. The van der Waals surface area contributed by atoms with Crippen LogP contribution < -0.4 is 0 Å². The summed E-state index contributed by atoms with van der Waals surface area (Å²) in [5.74, 6) is 0. The summed E-state index contributed by atoms with van der Waals surface area (Å²) in [7, 11) is -3.89. The van der Waals surface area contributed by atoms with E-state index in [9.17, 15) is 17.2 Å². The van der Waals surface area contributed by atoms with Crippen LogP contribution in [0.3, 0.4) is 0 Å². The zero-order chi connectivity index (χ0) is 13.8. The highest BCUT2D eigenvalue weighted by molar-refractivity contribution is 9.10. The second-order valence-corrected chi connectivity index (χ2v) is 7.05. The van der Waals surface area contributed by atoms with E-state index in [1.165, 1.54) is 12.1 Å². The average molecular weight is 407 g/mol. The molecule has 0 aliphatic heterocycles. The minimum absolute atomic E-state index is 0.000807. The molecule has 0 fully saturated rings. The molecule has 1 aromatic rings. The Kier molecular flexibility index (Phi) is 6.16. The summed E-state index contributed by atoms with van der Waals surface area (Å²) in [6, 6.07) is 5.99. The summed E-state index contributed by atoms with van der Waals surface area (Å²) >= 11 is 6.21. The first-order valence-corrected chi connectivity index (χ1v) is 8.33. The molecule has 3 nitrogen and oxygen atoms in total. The summed E-state index contributed by atoms with van der Waals surface area (Å²) in [6.45, 7) is -0.806. The SMILES string of the molecule is O=S(=O)(c1cccc(Br)c1)N(CCBr)CC(F)F. The number of sulfonamides is 1. The molecular formula is C10H11Br2F2NO2S. The molecule has 18 heavy (non-hydrogen) atoms. The molecule has 0 amide bonds. The molecule has 0 heterocycles. The minimum Gasteiger partial charge on any atom is -0.209 e. The topological polar surface area (TPSA) is 37.4 Å². The van der Waals surface area contributed by atoms with E-state index in [1.807, 2.05) is 0 Å². The van der Waals surface area contributed by atoms with Crippen molar-refractivity contribution in [3.05, 3.63) is 28.7 Å². The largest absolute Gasteiger partial charge is 0.252 e. The lowest BCUT2D eigenvalue weighted by molar-refractivity contribution is 0.121. The van der Waals surface area contributed by atoms with E-state index in [4.69, 9.17) is 0 Å². The minimum atomic E-state index is -3.89. The van der Waals surface area contributed by atoms with Crippen molar-refractivity contribution < 1.29 is 17.2 Å². The maximum absolute atomic E-state index is 12.4. The van der Waals surface area contributed by atoms with Crippen LogP contribution in [-0.2, 0) is 10.0 Å². The van der Waals surface area contributed by atoms with Gasteiger partial charge in [0.2, 0.25) is 10.0 Å². The first kappa shape index (κ1) is 16.0. The Morgan fingerprint density at radius 1 is 1.33 bits per heavy atom. The lowest BCUT2D eigenvalue weighted by Gasteiger charge is -2.20. The van der Waals surface area contributed by atoms with Crippen molar-refractivity contribution in [1.29, 1.82) is 0 Å². The highest BCUT2D eigenvalue weighted by Gasteiger charge is 2.26. The van der Waals surface area contributed by atoms with Gasteiger partial charge in [0.25, 0.3) is 6.43 Å². The third kappa shape index (κ3) is 4.25. The van der Waals surface area contributed by atoms with Crippen LogP contribution in [0.25, 0.3) is 0 Å². The van der Waals surface area contributed by atoms with Gasteiger partial charge in [-0.15, -0.1) is 0 Å². The van der Waals surface area contributed by atoms with Crippen LogP contribution in [0.15, 0.2) is 33.6 Å². The molecule has 8 heteroatoms. The second kappa shape index (κ2) is 6.93. The maximum Gasteiger partial charge on any atom is 0.252 e. The smallest absolute Gasteiger partial charge is 0.209 e. The van der Waals surface area contributed by atoms with Crippen molar-refractivity contribution in [2.45, 2.75) is 11.3 Å². The maximum atomic E-state index is 12.4. The van der Waals surface area contributed by atoms with Crippen LogP contribution in [0.2, 0.25) is 0 Å². The van der Waals surface area contributed by atoms with Gasteiger partial charge in [-0.25, -0.2) is 17.2 Å². The number of hydrogen-bond acceptors (Lipinski definition) is 2. The van der Waals surface area contributed by atoms with E-state index in [2.05, 4.69) is 31.9 Å². The number of benzene rings is 1. The van der Waals surface area contributed by atoms with Crippen molar-refractivity contribution in [2.75, 3.05) is 18.4 Å². The Labute approximate surface area is 121 Å². The van der Waals surface area contributed by atoms with Crippen molar-refractivity contribution >= 4 is 41.9 Å². The van der Waals surface area contributed by atoms with Crippen molar-refractivity contribution in [3.63, 3.8) is 0 Å². The molecule has 0 aromatic heterocycles. The zero-order valence-electron chi connectivity index (χ0n) is 9.19. The van der Waals surface area contributed by atoms with E-state index in [-0.39, 0.29) is 11.4 Å². The Morgan fingerprint density at radius 3 is 2.50 bits per heavy atom. The molecule has 0 radical (unpaired) electrons. The first-order chi connectivity index (χ1) is 8.37. The van der Waals surface area contributed by atoms with E-state index in [0.717, 1.165) is 4.31 Å². The fourth-order valence-corrected chi connectivity index (χ4v) is 4.01. The molecule has 0 N–H and O–H groups in total. The van der Waals surface area contributed by atoms with Crippen molar-refractivity contribution in [1.82, 2.24) is 4.31 Å². The van der Waals surface area contributed by atoms with Crippen LogP contribution in [0.4, 0.5) is 8.78 Å². The fraction of sp³-hybridized carbons (Fsp3) is 0.400. The van der Waals surface area contributed by atoms with Crippen molar-refractivity contribution in [3.8, 4) is 0 Å². The second-order valence-electron chi connectivity index (χ2n) is 3.40. The van der Waals surface area contributed by atoms with Gasteiger partial charge in [0.1, 0.15) is 0 Å². The van der Waals surface area contributed by atoms with E-state index < -0.39 is 23.0 Å². The highest BCUT2D eigenvalue weighted by Crippen LogP contribution is 2.20. The van der Waals surface area contributed by atoms with Crippen LogP contribution in [0.1, 0.15) is 0 Å². The summed E-state index contributed by atoms with van der Waals surface area (Å²) in [4.78, 5) is -0.00141. The zero-order valence-corrected chi connectivity index (χ0v) is 13.2. The Hall–Kier alpha value is -0.0500. The number of alkyl halides is 3. The van der Waals surface area contributed by atoms with Crippen LogP contribution in [0.5, 0.6) is 0 Å². The van der Waals surface area contributed by atoms with Crippen molar-refractivity contribution in [2.24, 2.45) is 0 Å². The molecule has 0 unspecified atom stereocenters. The molecule has 0 bridgehead atoms. The Balaban J connectivity index is 3.08. The van der Waals surface area contributed by atoms with Gasteiger partial charge < -0.3 is 0 Å². The van der Waals surface area contributed by atoms with E-state index in [1.54, 1.807) is 12.1 Å². The highest BCUT2D eigenvalue weighted by atomic mass is 79.9. The molecule has 0 aliphatic carbocycles.